The van der Waals surface area contributed by atoms with Gasteiger partial charge in [-0.15, -0.1) is 0 Å². The summed E-state index contributed by atoms with van der Waals surface area (Å²) in [5, 5.41) is 0. The van der Waals surface area contributed by atoms with Gasteiger partial charge in [-0.2, -0.15) is 0 Å². The molecule has 0 fully saturated rings. The second-order valence-corrected chi connectivity index (χ2v) is 2.35. The summed E-state index contributed by atoms with van der Waals surface area (Å²) < 4.78 is 4.43. The van der Waals surface area contributed by atoms with Gasteiger partial charge in [-0.25, -0.2) is 4.79 Å². The maximum atomic E-state index is 10.1. The Morgan fingerprint density at radius 3 is 2.00 bits per heavy atom. The van der Waals surface area contributed by atoms with Gasteiger partial charge in [0.1, 0.15) is 0 Å². The lowest BCUT2D eigenvalue weighted by Crippen LogP contribution is -2.08. The number of ether oxygens (including phenoxy) is 1. The van der Waals surface area contributed by atoms with Crippen LogP contribution in [0.1, 0.15) is 13.8 Å². The Balaban J connectivity index is 0. The maximum Gasteiger partial charge on any atom is 0.330 e. The molecule has 0 aromatic rings. The molecule has 3 heteroatoms. The molecule has 0 aliphatic rings. The number of nitrogens with zero attached hydrogens (tertiary/aromatic N) is 1. The highest BCUT2D eigenvalue weighted by Gasteiger charge is 1.86. The lowest BCUT2D eigenvalue weighted by atomic mass is 10.6. The van der Waals surface area contributed by atoms with Crippen LogP contribution in [0.3, 0.4) is 0 Å². The Bertz CT molecular complexity index is 122. The summed E-state index contributed by atoms with van der Waals surface area (Å²) in [6.45, 7) is 8.64. The predicted octanol–water partition coefficient (Wildman–Crippen LogP) is 1.30. The highest BCUT2D eigenvalue weighted by molar-refractivity contribution is 5.81. The monoisotopic (exact) mass is 173 g/mol. The van der Waals surface area contributed by atoms with Gasteiger partial charge in [0, 0.05) is 6.08 Å². The third-order valence-corrected chi connectivity index (χ3v) is 1.09. The van der Waals surface area contributed by atoms with E-state index in [1.54, 1.807) is 6.92 Å². The molecular weight excluding hydrogens is 154 g/mol. The molecule has 0 saturated carbocycles. The predicted molar refractivity (Wildman–Crippen MR) is 51.1 cm³/mol. The molecule has 72 valence electrons. The lowest BCUT2D eigenvalue weighted by Gasteiger charge is -2.00. The van der Waals surface area contributed by atoms with E-state index in [9.17, 15) is 4.79 Å². The van der Waals surface area contributed by atoms with E-state index in [0.717, 1.165) is 12.6 Å². The Morgan fingerprint density at radius 1 is 1.50 bits per heavy atom. The van der Waals surface area contributed by atoms with Gasteiger partial charge in [0.15, 0.2) is 0 Å². The van der Waals surface area contributed by atoms with Crippen LogP contribution in [0.5, 0.6) is 0 Å². The molecule has 0 unspecified atom stereocenters. The average molecular weight is 173 g/mol. The van der Waals surface area contributed by atoms with Crippen molar-refractivity contribution in [2.75, 3.05) is 27.2 Å². The highest BCUT2D eigenvalue weighted by atomic mass is 16.5. The first-order valence-corrected chi connectivity index (χ1v) is 4.02. The molecule has 0 radical (unpaired) electrons. The smallest absolute Gasteiger partial charge is 0.330 e. The van der Waals surface area contributed by atoms with Crippen LogP contribution >= 0.6 is 0 Å². The number of carbonyl (C=O) groups excluding carboxylic acids is 1. The minimum absolute atomic E-state index is 0.359. The topological polar surface area (TPSA) is 29.5 Å². The zero-order chi connectivity index (χ0) is 9.98. The van der Waals surface area contributed by atoms with Crippen LogP contribution in [0.4, 0.5) is 0 Å². The maximum absolute atomic E-state index is 10.1. The molecule has 0 rings (SSSR count). The Hall–Kier alpha value is -0.830. The summed E-state index contributed by atoms with van der Waals surface area (Å²) in [5.41, 5.74) is 0. The van der Waals surface area contributed by atoms with Gasteiger partial charge < -0.3 is 9.64 Å². The van der Waals surface area contributed by atoms with Gasteiger partial charge in [-0.1, -0.05) is 13.5 Å². The van der Waals surface area contributed by atoms with Crippen LogP contribution in [-0.4, -0.2) is 38.1 Å². The van der Waals surface area contributed by atoms with Gasteiger partial charge in [-0.05, 0) is 27.6 Å². The van der Waals surface area contributed by atoms with Crippen molar-refractivity contribution in [3.8, 4) is 0 Å². The standard InChI is InChI=1S/C5H8O2.C4H11N/c1-3-5(6)7-4-2;1-4-5(2)3/h3H,1,4H2,2H3;4H2,1-3H3. The van der Waals surface area contributed by atoms with E-state index in [1.807, 2.05) is 0 Å². The molecule has 0 aliphatic carbocycles. The first-order valence-electron chi connectivity index (χ1n) is 4.02. The average Bonchev–Trinajstić information content (AvgIpc) is 2.06. The van der Waals surface area contributed by atoms with Crippen LogP contribution in [0.15, 0.2) is 12.7 Å². The summed E-state index contributed by atoms with van der Waals surface area (Å²) in [4.78, 5) is 12.2. The van der Waals surface area contributed by atoms with E-state index in [1.165, 1.54) is 0 Å². The molecule has 3 nitrogen and oxygen atoms in total. The quantitative estimate of drug-likeness (QED) is 0.476. The van der Waals surface area contributed by atoms with E-state index in [-0.39, 0.29) is 5.97 Å². The Labute approximate surface area is 75.0 Å². The molecule has 0 bridgehead atoms. The SMILES string of the molecule is C=CC(=O)OCC.CCN(C)C. The van der Waals surface area contributed by atoms with Crippen molar-refractivity contribution in [2.45, 2.75) is 13.8 Å². The van der Waals surface area contributed by atoms with Crippen molar-refractivity contribution < 1.29 is 9.53 Å². The number of hydrogen-bond acceptors (Lipinski definition) is 3. The van der Waals surface area contributed by atoms with E-state index in [0.29, 0.717) is 6.61 Å². The fraction of sp³-hybridized carbons (Fsp3) is 0.667. The van der Waals surface area contributed by atoms with E-state index in [4.69, 9.17) is 0 Å². The van der Waals surface area contributed by atoms with E-state index >= 15 is 0 Å². The third-order valence-electron chi connectivity index (χ3n) is 1.09. The Morgan fingerprint density at radius 2 is 1.92 bits per heavy atom. The summed E-state index contributed by atoms with van der Waals surface area (Å²) >= 11 is 0. The normalized spacial score (nSPS) is 8.42. The third kappa shape index (κ3) is 16.1. The number of rotatable bonds is 3. The number of hydrogen-bond donors (Lipinski definition) is 0. The molecule has 0 aromatic carbocycles. The number of esters is 1. The van der Waals surface area contributed by atoms with Gasteiger partial charge in [0.05, 0.1) is 6.61 Å². The van der Waals surface area contributed by atoms with Crippen molar-refractivity contribution in [3.63, 3.8) is 0 Å². The molecular formula is C9H19NO2. The van der Waals surface area contributed by atoms with Crippen LogP contribution in [0.25, 0.3) is 0 Å². The zero-order valence-corrected chi connectivity index (χ0v) is 8.46. The van der Waals surface area contributed by atoms with Crippen molar-refractivity contribution in [1.82, 2.24) is 4.90 Å². The van der Waals surface area contributed by atoms with Crippen molar-refractivity contribution in [2.24, 2.45) is 0 Å². The molecule has 12 heavy (non-hydrogen) atoms. The lowest BCUT2D eigenvalue weighted by molar-refractivity contribution is -0.137. The molecule has 0 aromatic heterocycles. The summed E-state index contributed by atoms with van der Waals surface area (Å²) in [5.74, 6) is -0.359. The van der Waals surface area contributed by atoms with Crippen LogP contribution in [0, 0.1) is 0 Å². The van der Waals surface area contributed by atoms with Crippen LogP contribution < -0.4 is 0 Å². The Kier molecular flexibility index (Phi) is 11.6. The zero-order valence-electron chi connectivity index (χ0n) is 8.46. The molecule has 0 saturated heterocycles. The van der Waals surface area contributed by atoms with Crippen molar-refractivity contribution in [3.05, 3.63) is 12.7 Å². The molecule has 0 heterocycles. The second kappa shape index (κ2) is 10.2. The van der Waals surface area contributed by atoms with E-state index < -0.39 is 0 Å². The molecule has 0 spiro atoms. The molecule has 0 amide bonds. The minimum atomic E-state index is -0.359. The summed E-state index contributed by atoms with van der Waals surface area (Å²) in [7, 11) is 4.11. The van der Waals surface area contributed by atoms with Gasteiger partial charge in [0.25, 0.3) is 0 Å². The summed E-state index contributed by atoms with van der Waals surface area (Å²) in [6.07, 6.45) is 1.14. The number of carbonyl (C=O) groups is 1. The fourth-order valence-corrected chi connectivity index (χ4v) is 0.201. The molecule has 0 atom stereocenters. The highest BCUT2D eigenvalue weighted by Crippen LogP contribution is 1.74. The van der Waals surface area contributed by atoms with Crippen molar-refractivity contribution >= 4 is 5.97 Å². The van der Waals surface area contributed by atoms with Gasteiger partial charge in [-0.3, -0.25) is 0 Å². The van der Waals surface area contributed by atoms with Crippen LogP contribution in [0.2, 0.25) is 0 Å². The van der Waals surface area contributed by atoms with Crippen LogP contribution in [-0.2, 0) is 9.53 Å². The second-order valence-electron chi connectivity index (χ2n) is 2.35. The minimum Gasteiger partial charge on any atom is -0.463 e. The molecule has 0 N–H and O–H groups in total. The van der Waals surface area contributed by atoms with Gasteiger partial charge in [0.2, 0.25) is 0 Å². The fourth-order valence-electron chi connectivity index (χ4n) is 0.201. The van der Waals surface area contributed by atoms with Crippen molar-refractivity contribution in [1.29, 1.82) is 0 Å². The molecule has 0 aliphatic heterocycles. The largest absolute Gasteiger partial charge is 0.463 e. The first-order chi connectivity index (χ1) is 5.58. The first kappa shape index (κ1) is 13.7. The summed E-state index contributed by atoms with van der Waals surface area (Å²) in [6, 6.07) is 0. The van der Waals surface area contributed by atoms with E-state index in [2.05, 4.69) is 37.2 Å². The van der Waals surface area contributed by atoms with Gasteiger partial charge >= 0.3 is 5.97 Å².